The first-order valence-electron chi connectivity index (χ1n) is 7.27. The lowest BCUT2D eigenvalue weighted by molar-refractivity contribution is -0.122. The Kier molecular flexibility index (Phi) is 4.84. The van der Waals surface area contributed by atoms with Crippen molar-refractivity contribution in [3.63, 3.8) is 0 Å². The van der Waals surface area contributed by atoms with Gasteiger partial charge in [-0.2, -0.15) is 0 Å². The van der Waals surface area contributed by atoms with Crippen LogP contribution in [0, 0.1) is 17.8 Å². The highest BCUT2D eigenvalue weighted by atomic mass is 16.1. The van der Waals surface area contributed by atoms with E-state index in [-0.39, 0.29) is 5.91 Å². The van der Waals surface area contributed by atoms with Gasteiger partial charge < -0.3 is 10.6 Å². The molecule has 2 N–H and O–H groups in total. The molecule has 0 heterocycles. The molecule has 2 bridgehead atoms. The first kappa shape index (κ1) is 12.9. The van der Waals surface area contributed by atoms with Gasteiger partial charge >= 0.3 is 0 Å². The molecule has 2 saturated carbocycles. The summed E-state index contributed by atoms with van der Waals surface area (Å²) in [6, 6.07) is 0. The fourth-order valence-corrected chi connectivity index (χ4v) is 3.55. The van der Waals surface area contributed by atoms with E-state index in [1.807, 2.05) is 0 Å². The Morgan fingerprint density at radius 3 is 2.76 bits per heavy atom. The van der Waals surface area contributed by atoms with Crippen LogP contribution in [0.15, 0.2) is 0 Å². The maximum atomic E-state index is 11.8. The van der Waals surface area contributed by atoms with Crippen LogP contribution in [0.1, 0.15) is 45.4 Å². The number of rotatable bonds is 7. The summed E-state index contributed by atoms with van der Waals surface area (Å²) in [5.74, 6) is 2.79. The number of fused-ring (bicyclic) bond motifs is 2. The van der Waals surface area contributed by atoms with Crippen LogP contribution in [-0.2, 0) is 4.79 Å². The number of hydrogen-bond acceptors (Lipinski definition) is 2. The lowest BCUT2D eigenvalue weighted by atomic mass is 9.86. The SMILES string of the molecule is CCNCCCNC(=O)CC1CC2CCC1C2. The first-order valence-corrected chi connectivity index (χ1v) is 7.27. The summed E-state index contributed by atoms with van der Waals surface area (Å²) in [5, 5.41) is 6.31. The molecule has 0 spiro atoms. The number of carbonyl (C=O) groups is 1. The van der Waals surface area contributed by atoms with Gasteiger partial charge in [0.05, 0.1) is 0 Å². The van der Waals surface area contributed by atoms with E-state index < -0.39 is 0 Å². The van der Waals surface area contributed by atoms with E-state index in [9.17, 15) is 4.79 Å². The van der Waals surface area contributed by atoms with E-state index in [2.05, 4.69) is 17.6 Å². The second-order valence-corrected chi connectivity index (χ2v) is 5.70. The Morgan fingerprint density at radius 2 is 2.12 bits per heavy atom. The topological polar surface area (TPSA) is 41.1 Å². The third-order valence-corrected chi connectivity index (χ3v) is 4.43. The van der Waals surface area contributed by atoms with E-state index >= 15 is 0 Å². The largest absolute Gasteiger partial charge is 0.356 e. The van der Waals surface area contributed by atoms with E-state index in [1.165, 1.54) is 25.7 Å². The average Bonchev–Trinajstić information content (AvgIpc) is 2.90. The number of carbonyl (C=O) groups excluding carboxylic acids is 1. The summed E-state index contributed by atoms with van der Waals surface area (Å²) in [4.78, 5) is 11.8. The molecule has 0 aliphatic heterocycles. The third-order valence-electron chi connectivity index (χ3n) is 4.43. The first-order chi connectivity index (χ1) is 8.29. The minimum absolute atomic E-state index is 0.277. The molecule has 3 unspecified atom stereocenters. The summed E-state index contributed by atoms with van der Waals surface area (Å²) in [7, 11) is 0. The van der Waals surface area contributed by atoms with Crippen molar-refractivity contribution in [1.82, 2.24) is 10.6 Å². The van der Waals surface area contributed by atoms with Gasteiger partial charge in [-0.1, -0.05) is 13.3 Å². The Hall–Kier alpha value is -0.570. The van der Waals surface area contributed by atoms with Crippen molar-refractivity contribution >= 4 is 5.91 Å². The van der Waals surface area contributed by atoms with Crippen molar-refractivity contribution in [2.24, 2.45) is 17.8 Å². The minimum Gasteiger partial charge on any atom is -0.356 e. The smallest absolute Gasteiger partial charge is 0.220 e. The normalized spacial score (nSPS) is 30.8. The van der Waals surface area contributed by atoms with Crippen molar-refractivity contribution in [2.75, 3.05) is 19.6 Å². The maximum Gasteiger partial charge on any atom is 0.220 e. The van der Waals surface area contributed by atoms with E-state index in [4.69, 9.17) is 0 Å². The molecule has 2 rings (SSSR count). The van der Waals surface area contributed by atoms with Crippen molar-refractivity contribution in [2.45, 2.75) is 45.4 Å². The number of amides is 1. The average molecular weight is 238 g/mol. The zero-order valence-electron chi connectivity index (χ0n) is 11.0. The van der Waals surface area contributed by atoms with Gasteiger partial charge in [-0.15, -0.1) is 0 Å². The highest BCUT2D eigenvalue weighted by Crippen LogP contribution is 2.49. The molecule has 0 radical (unpaired) electrons. The molecule has 0 aromatic heterocycles. The predicted molar refractivity (Wildman–Crippen MR) is 69.7 cm³/mol. The Labute approximate surface area is 105 Å². The number of nitrogens with one attached hydrogen (secondary N) is 2. The molecular weight excluding hydrogens is 212 g/mol. The summed E-state index contributed by atoms with van der Waals surface area (Å²) in [6.45, 7) is 4.95. The molecule has 98 valence electrons. The van der Waals surface area contributed by atoms with Gasteiger partial charge in [0.25, 0.3) is 0 Å². The standard InChI is InChI=1S/C14H26N2O/c1-2-15-6-3-7-16-14(17)10-13-9-11-4-5-12(13)8-11/h11-13,15H,2-10H2,1H3,(H,16,17). The van der Waals surface area contributed by atoms with E-state index in [0.29, 0.717) is 5.92 Å². The van der Waals surface area contributed by atoms with Crippen LogP contribution in [0.3, 0.4) is 0 Å². The molecule has 2 fully saturated rings. The van der Waals surface area contributed by atoms with E-state index in [1.54, 1.807) is 0 Å². The summed E-state index contributed by atoms with van der Waals surface area (Å²) in [5.41, 5.74) is 0. The monoisotopic (exact) mass is 238 g/mol. The van der Waals surface area contributed by atoms with Crippen LogP contribution in [0.5, 0.6) is 0 Å². The zero-order valence-corrected chi connectivity index (χ0v) is 11.0. The van der Waals surface area contributed by atoms with Crippen molar-refractivity contribution in [1.29, 1.82) is 0 Å². The fraction of sp³-hybridized carbons (Fsp3) is 0.929. The molecule has 0 aromatic carbocycles. The van der Waals surface area contributed by atoms with Gasteiger partial charge in [0.15, 0.2) is 0 Å². The molecule has 3 heteroatoms. The van der Waals surface area contributed by atoms with Crippen LogP contribution in [0.2, 0.25) is 0 Å². The second-order valence-electron chi connectivity index (χ2n) is 5.70. The van der Waals surface area contributed by atoms with Crippen molar-refractivity contribution < 1.29 is 4.79 Å². The van der Waals surface area contributed by atoms with Crippen LogP contribution < -0.4 is 10.6 Å². The summed E-state index contributed by atoms with van der Waals surface area (Å²) >= 11 is 0. The maximum absolute atomic E-state index is 11.8. The number of hydrogen-bond donors (Lipinski definition) is 2. The molecule has 0 saturated heterocycles. The van der Waals surface area contributed by atoms with Gasteiger partial charge in [0.1, 0.15) is 0 Å². The quantitative estimate of drug-likeness (QED) is 0.665. The molecule has 3 atom stereocenters. The molecule has 1 amide bonds. The highest BCUT2D eigenvalue weighted by Gasteiger charge is 2.39. The van der Waals surface area contributed by atoms with Gasteiger partial charge in [-0.3, -0.25) is 4.79 Å². The lowest BCUT2D eigenvalue weighted by Gasteiger charge is -2.20. The highest BCUT2D eigenvalue weighted by molar-refractivity contribution is 5.76. The predicted octanol–water partition coefficient (Wildman–Crippen LogP) is 1.93. The second kappa shape index (κ2) is 6.39. The Bertz CT molecular complexity index is 255. The summed E-state index contributed by atoms with van der Waals surface area (Å²) in [6.07, 6.45) is 7.33. The Balaban J connectivity index is 1.55. The van der Waals surface area contributed by atoms with Crippen molar-refractivity contribution in [3.05, 3.63) is 0 Å². The van der Waals surface area contributed by atoms with Crippen LogP contribution in [0.4, 0.5) is 0 Å². The van der Waals surface area contributed by atoms with Crippen molar-refractivity contribution in [3.8, 4) is 0 Å². The van der Waals surface area contributed by atoms with Crippen LogP contribution in [-0.4, -0.2) is 25.5 Å². The van der Waals surface area contributed by atoms with Crippen LogP contribution >= 0.6 is 0 Å². The molecule has 17 heavy (non-hydrogen) atoms. The molecule has 2 aliphatic rings. The third kappa shape index (κ3) is 3.70. The van der Waals surface area contributed by atoms with Gasteiger partial charge in [0.2, 0.25) is 5.91 Å². The molecule has 2 aliphatic carbocycles. The molecular formula is C14H26N2O. The Morgan fingerprint density at radius 1 is 1.24 bits per heavy atom. The van der Waals surface area contributed by atoms with Gasteiger partial charge in [0, 0.05) is 13.0 Å². The van der Waals surface area contributed by atoms with Crippen LogP contribution in [0.25, 0.3) is 0 Å². The fourth-order valence-electron chi connectivity index (χ4n) is 3.55. The zero-order chi connectivity index (χ0) is 12.1. The lowest BCUT2D eigenvalue weighted by Crippen LogP contribution is -2.29. The summed E-state index contributed by atoms with van der Waals surface area (Å²) < 4.78 is 0. The van der Waals surface area contributed by atoms with Gasteiger partial charge in [-0.25, -0.2) is 0 Å². The van der Waals surface area contributed by atoms with Gasteiger partial charge in [-0.05, 0) is 56.5 Å². The van der Waals surface area contributed by atoms with E-state index in [0.717, 1.165) is 44.3 Å². The minimum atomic E-state index is 0.277. The molecule has 0 aromatic rings. The molecule has 3 nitrogen and oxygen atoms in total.